The molecule has 114 valence electrons. The fourth-order valence-electron chi connectivity index (χ4n) is 1.56. The zero-order valence-electron chi connectivity index (χ0n) is 11.7. The molecule has 1 unspecified atom stereocenters. The number of rotatable bonds is 2. The Morgan fingerprint density at radius 1 is 1.30 bits per heavy atom. The summed E-state index contributed by atoms with van der Waals surface area (Å²) in [6.07, 6.45) is -0.125. The number of aliphatic hydroxyl groups excluding tert-OH is 1. The molecular weight excluding hydrogens is 284 g/mol. The molecule has 1 aromatic rings. The maximum Gasteiger partial charge on any atom is 0.294 e. The van der Waals surface area contributed by atoms with E-state index in [2.05, 4.69) is 0 Å². The highest BCUT2D eigenvalue weighted by molar-refractivity contribution is 7.85. The Morgan fingerprint density at radius 2 is 1.85 bits per heavy atom. The van der Waals surface area contributed by atoms with Crippen LogP contribution in [0.25, 0.3) is 0 Å². The summed E-state index contributed by atoms with van der Waals surface area (Å²) >= 11 is 0. The first kappa shape index (κ1) is 17.1. The average molecular weight is 304 g/mol. The molecule has 2 N–H and O–H groups in total. The Balaban J connectivity index is 0.000000204. The third-order valence-corrected chi connectivity index (χ3v) is 3.46. The number of aliphatic hydroxyl groups is 1. The second kappa shape index (κ2) is 6.64. The SMILES string of the molecule is CC1(C)OCC(CO)O1.Cc1ccc(S(=O)(=O)O)cc1. The maximum atomic E-state index is 10.5. The molecule has 1 aliphatic heterocycles. The minimum Gasteiger partial charge on any atom is -0.394 e. The molecule has 7 heteroatoms. The average Bonchev–Trinajstić information content (AvgIpc) is 2.69. The fraction of sp³-hybridized carbons (Fsp3) is 0.538. The number of ether oxygens (including phenoxy) is 2. The largest absolute Gasteiger partial charge is 0.394 e. The van der Waals surface area contributed by atoms with Crippen molar-refractivity contribution in [2.75, 3.05) is 13.2 Å². The Morgan fingerprint density at radius 3 is 2.15 bits per heavy atom. The van der Waals surface area contributed by atoms with Crippen molar-refractivity contribution in [2.24, 2.45) is 0 Å². The van der Waals surface area contributed by atoms with Crippen molar-refractivity contribution >= 4 is 10.1 Å². The zero-order chi connectivity index (χ0) is 15.4. The van der Waals surface area contributed by atoms with Crippen LogP contribution in [0.5, 0.6) is 0 Å². The summed E-state index contributed by atoms with van der Waals surface area (Å²) in [6, 6.07) is 5.99. The quantitative estimate of drug-likeness (QED) is 0.802. The molecule has 1 saturated heterocycles. The van der Waals surface area contributed by atoms with E-state index in [-0.39, 0.29) is 17.6 Å². The van der Waals surface area contributed by atoms with E-state index in [9.17, 15) is 8.42 Å². The molecule has 0 amide bonds. The second-order valence-corrected chi connectivity index (χ2v) is 6.34. The van der Waals surface area contributed by atoms with Gasteiger partial charge in [-0.05, 0) is 32.9 Å². The molecule has 0 radical (unpaired) electrons. The van der Waals surface area contributed by atoms with Gasteiger partial charge < -0.3 is 14.6 Å². The summed E-state index contributed by atoms with van der Waals surface area (Å²) < 4.78 is 39.9. The standard InChI is InChI=1S/C7H8O3S.C6H12O3/c1-6-2-4-7(5-3-6)11(8,9)10;1-6(2)8-4-5(3-7)9-6/h2-5H,1H3,(H,8,9,10);5,7H,3-4H2,1-2H3. The van der Waals surface area contributed by atoms with Gasteiger partial charge in [0.2, 0.25) is 0 Å². The topological polar surface area (TPSA) is 93.1 Å². The van der Waals surface area contributed by atoms with Crippen molar-refractivity contribution in [1.29, 1.82) is 0 Å². The van der Waals surface area contributed by atoms with E-state index < -0.39 is 15.9 Å². The highest BCUT2D eigenvalue weighted by Gasteiger charge is 2.31. The molecule has 0 spiro atoms. The van der Waals surface area contributed by atoms with Crippen LogP contribution in [-0.4, -0.2) is 43.2 Å². The fourth-order valence-corrected chi connectivity index (χ4v) is 2.04. The molecule has 0 saturated carbocycles. The van der Waals surface area contributed by atoms with E-state index in [1.54, 1.807) is 12.1 Å². The van der Waals surface area contributed by atoms with Crippen molar-refractivity contribution in [3.63, 3.8) is 0 Å². The molecule has 0 aliphatic carbocycles. The lowest BCUT2D eigenvalue weighted by atomic mass is 10.2. The summed E-state index contributed by atoms with van der Waals surface area (Å²) in [5.74, 6) is -0.493. The van der Waals surface area contributed by atoms with Crippen LogP contribution in [0.2, 0.25) is 0 Å². The van der Waals surface area contributed by atoms with E-state index in [0.29, 0.717) is 6.61 Å². The van der Waals surface area contributed by atoms with Crippen molar-refractivity contribution in [3.8, 4) is 0 Å². The molecule has 0 bridgehead atoms. The molecule has 1 aliphatic rings. The van der Waals surface area contributed by atoms with E-state index >= 15 is 0 Å². The molecule has 1 aromatic carbocycles. The molecule has 1 atom stereocenters. The van der Waals surface area contributed by atoms with Crippen LogP contribution in [0.15, 0.2) is 29.2 Å². The van der Waals surface area contributed by atoms with Crippen molar-refractivity contribution < 1.29 is 27.6 Å². The normalized spacial score (nSPS) is 21.1. The van der Waals surface area contributed by atoms with Gasteiger partial charge in [0.15, 0.2) is 5.79 Å². The van der Waals surface area contributed by atoms with Gasteiger partial charge in [0.05, 0.1) is 18.1 Å². The predicted octanol–water partition coefficient (Wildman–Crippen LogP) is 1.37. The summed E-state index contributed by atoms with van der Waals surface area (Å²) in [5, 5.41) is 8.59. The first-order valence-electron chi connectivity index (χ1n) is 6.11. The Kier molecular flexibility index (Phi) is 5.67. The highest BCUT2D eigenvalue weighted by atomic mass is 32.2. The zero-order valence-corrected chi connectivity index (χ0v) is 12.6. The van der Waals surface area contributed by atoms with Crippen LogP contribution in [-0.2, 0) is 19.6 Å². The predicted molar refractivity (Wildman–Crippen MR) is 73.0 cm³/mol. The van der Waals surface area contributed by atoms with Gasteiger partial charge in [-0.25, -0.2) is 0 Å². The number of benzene rings is 1. The van der Waals surface area contributed by atoms with Gasteiger partial charge in [-0.2, -0.15) is 8.42 Å². The van der Waals surface area contributed by atoms with Crippen LogP contribution >= 0.6 is 0 Å². The Hall–Kier alpha value is -0.990. The lowest BCUT2D eigenvalue weighted by Crippen LogP contribution is -2.22. The molecule has 1 fully saturated rings. The van der Waals surface area contributed by atoms with Crippen LogP contribution < -0.4 is 0 Å². The number of hydrogen-bond donors (Lipinski definition) is 2. The first-order chi connectivity index (χ1) is 9.14. The van der Waals surface area contributed by atoms with Gasteiger partial charge >= 0.3 is 0 Å². The minimum absolute atomic E-state index is 0.0451. The van der Waals surface area contributed by atoms with Crippen LogP contribution in [0.1, 0.15) is 19.4 Å². The van der Waals surface area contributed by atoms with Crippen LogP contribution in [0.3, 0.4) is 0 Å². The summed E-state index contributed by atoms with van der Waals surface area (Å²) in [7, 11) is -4.02. The van der Waals surface area contributed by atoms with Gasteiger partial charge in [0, 0.05) is 0 Å². The molecule has 0 aromatic heterocycles. The van der Waals surface area contributed by atoms with Crippen molar-refractivity contribution in [3.05, 3.63) is 29.8 Å². The molecule has 1 heterocycles. The van der Waals surface area contributed by atoms with E-state index in [1.165, 1.54) is 12.1 Å². The van der Waals surface area contributed by atoms with Gasteiger partial charge in [0.1, 0.15) is 6.10 Å². The van der Waals surface area contributed by atoms with E-state index in [0.717, 1.165) is 5.56 Å². The van der Waals surface area contributed by atoms with Crippen LogP contribution in [0, 0.1) is 6.92 Å². The second-order valence-electron chi connectivity index (χ2n) is 4.92. The third kappa shape index (κ3) is 5.56. The number of aryl methyl sites for hydroxylation is 1. The molecular formula is C13H20O6S. The Labute approximate surface area is 119 Å². The lowest BCUT2D eigenvalue weighted by Gasteiger charge is -2.15. The van der Waals surface area contributed by atoms with Crippen molar-refractivity contribution in [1.82, 2.24) is 0 Å². The molecule has 6 nitrogen and oxygen atoms in total. The van der Waals surface area contributed by atoms with Gasteiger partial charge in [0.25, 0.3) is 10.1 Å². The first-order valence-corrected chi connectivity index (χ1v) is 7.55. The van der Waals surface area contributed by atoms with Gasteiger partial charge in [-0.3, -0.25) is 4.55 Å². The summed E-state index contributed by atoms with van der Waals surface area (Å²) in [4.78, 5) is -0.0666. The third-order valence-electron chi connectivity index (χ3n) is 2.59. The van der Waals surface area contributed by atoms with Crippen molar-refractivity contribution in [2.45, 2.75) is 37.6 Å². The molecule has 20 heavy (non-hydrogen) atoms. The van der Waals surface area contributed by atoms with Crippen LogP contribution in [0.4, 0.5) is 0 Å². The summed E-state index contributed by atoms with van der Waals surface area (Å²) in [6.45, 7) is 6.06. The Bertz CT molecular complexity index is 520. The number of hydrogen-bond acceptors (Lipinski definition) is 5. The monoisotopic (exact) mass is 304 g/mol. The minimum atomic E-state index is -4.02. The molecule has 2 rings (SSSR count). The van der Waals surface area contributed by atoms with Gasteiger partial charge in [-0.1, -0.05) is 17.7 Å². The van der Waals surface area contributed by atoms with Gasteiger partial charge in [-0.15, -0.1) is 0 Å². The summed E-state index contributed by atoms with van der Waals surface area (Å²) in [5.41, 5.74) is 0.956. The maximum absolute atomic E-state index is 10.5. The van der Waals surface area contributed by atoms with E-state index in [1.807, 2.05) is 20.8 Å². The highest BCUT2D eigenvalue weighted by Crippen LogP contribution is 2.21. The smallest absolute Gasteiger partial charge is 0.294 e. The van der Waals surface area contributed by atoms with E-state index in [4.69, 9.17) is 19.1 Å². The lowest BCUT2D eigenvalue weighted by molar-refractivity contribution is -0.142.